The van der Waals surface area contributed by atoms with Crippen molar-refractivity contribution in [3.8, 4) is 16.9 Å². The number of rotatable bonds is 7. The molecule has 4 rings (SSSR count). The summed E-state index contributed by atoms with van der Waals surface area (Å²) in [5.41, 5.74) is -3.59. The summed E-state index contributed by atoms with van der Waals surface area (Å²) in [6.07, 6.45) is -6.28. The normalized spacial score (nSPS) is 17.2. The lowest BCUT2D eigenvalue weighted by Gasteiger charge is -2.36. The number of nitrogens with zero attached hydrogens (tertiary/aromatic N) is 1. The van der Waals surface area contributed by atoms with Gasteiger partial charge in [0.15, 0.2) is 5.60 Å². The number of carboxylic acid groups (broad SMARTS) is 1. The van der Waals surface area contributed by atoms with Crippen molar-refractivity contribution < 1.29 is 50.1 Å². The standard InChI is InChI=1S/C26H22F5NO6S/c1-25(35,24(33)34)10-9-18-14-32(39(36,37)19-4-2-3-16(12-19)26(29,30)31)22-11-15(5-8-23(22)38-18)20-13-17(27)6-7-21(20)28/h2-8,11-13,18,35H,9-10,14H2,1H3,(H,33,34). The summed E-state index contributed by atoms with van der Waals surface area (Å²) in [6.45, 7) is 0.597. The van der Waals surface area contributed by atoms with E-state index in [2.05, 4.69) is 0 Å². The highest BCUT2D eigenvalue weighted by atomic mass is 32.2. The first-order chi connectivity index (χ1) is 18.1. The largest absolute Gasteiger partial charge is 0.486 e. The van der Waals surface area contributed by atoms with Gasteiger partial charge in [-0.05, 0) is 73.9 Å². The minimum absolute atomic E-state index is 0.0441. The van der Waals surface area contributed by atoms with Crippen LogP contribution >= 0.6 is 0 Å². The van der Waals surface area contributed by atoms with E-state index in [-0.39, 0.29) is 35.4 Å². The van der Waals surface area contributed by atoms with Gasteiger partial charge >= 0.3 is 12.1 Å². The molecular weight excluding hydrogens is 549 g/mol. The highest BCUT2D eigenvalue weighted by Gasteiger charge is 2.39. The van der Waals surface area contributed by atoms with E-state index in [1.807, 2.05) is 0 Å². The van der Waals surface area contributed by atoms with E-state index < -0.39 is 62.5 Å². The average molecular weight is 572 g/mol. The molecule has 208 valence electrons. The van der Waals surface area contributed by atoms with Crippen molar-refractivity contribution in [3.63, 3.8) is 0 Å². The fourth-order valence-corrected chi connectivity index (χ4v) is 5.63. The Bertz CT molecular complexity index is 1520. The molecule has 1 aliphatic rings. The number of carboxylic acids is 1. The Balaban J connectivity index is 1.81. The summed E-state index contributed by atoms with van der Waals surface area (Å²) in [4.78, 5) is 10.6. The van der Waals surface area contributed by atoms with Crippen LogP contribution in [0.2, 0.25) is 0 Å². The highest BCUT2D eigenvalue weighted by molar-refractivity contribution is 7.92. The molecule has 13 heteroatoms. The van der Waals surface area contributed by atoms with E-state index in [1.54, 1.807) is 0 Å². The number of carbonyl (C=O) groups is 1. The molecule has 0 aliphatic carbocycles. The third kappa shape index (κ3) is 5.83. The predicted octanol–water partition coefficient (Wildman–Crippen LogP) is 5.22. The molecule has 2 N–H and O–H groups in total. The van der Waals surface area contributed by atoms with E-state index in [1.165, 1.54) is 18.2 Å². The van der Waals surface area contributed by atoms with Crippen molar-refractivity contribution in [2.75, 3.05) is 10.8 Å². The minimum atomic E-state index is -4.82. The van der Waals surface area contributed by atoms with Crippen molar-refractivity contribution in [2.45, 2.75) is 42.5 Å². The van der Waals surface area contributed by atoms with Gasteiger partial charge in [-0.3, -0.25) is 4.31 Å². The van der Waals surface area contributed by atoms with Gasteiger partial charge in [-0.1, -0.05) is 12.1 Å². The number of sulfonamides is 1. The van der Waals surface area contributed by atoms with E-state index in [0.717, 1.165) is 41.6 Å². The quantitative estimate of drug-likeness (QED) is 0.377. The Morgan fingerprint density at radius 3 is 2.46 bits per heavy atom. The molecule has 2 atom stereocenters. The summed E-state index contributed by atoms with van der Waals surface area (Å²) in [6, 6.07) is 9.68. The van der Waals surface area contributed by atoms with Crippen LogP contribution in [0.4, 0.5) is 27.6 Å². The van der Waals surface area contributed by atoms with Crippen LogP contribution in [0.15, 0.2) is 65.6 Å². The van der Waals surface area contributed by atoms with Gasteiger partial charge in [-0.2, -0.15) is 13.2 Å². The molecule has 3 aromatic rings. The Kier molecular flexibility index (Phi) is 7.34. The maximum atomic E-state index is 14.5. The second-order valence-electron chi connectivity index (χ2n) is 9.23. The Morgan fingerprint density at radius 2 is 1.79 bits per heavy atom. The molecule has 0 fully saturated rings. The third-order valence-corrected chi connectivity index (χ3v) is 8.07. The maximum absolute atomic E-state index is 14.5. The fourth-order valence-electron chi connectivity index (χ4n) is 4.09. The number of ether oxygens (including phenoxy) is 1. The van der Waals surface area contributed by atoms with Gasteiger partial charge < -0.3 is 14.9 Å². The van der Waals surface area contributed by atoms with Crippen LogP contribution in [0.25, 0.3) is 11.1 Å². The highest BCUT2D eigenvalue weighted by Crippen LogP contribution is 2.42. The molecule has 0 aromatic heterocycles. The van der Waals surface area contributed by atoms with E-state index >= 15 is 0 Å². The number of anilines is 1. The molecule has 0 bridgehead atoms. The topological polar surface area (TPSA) is 104 Å². The Hall–Kier alpha value is -3.71. The monoisotopic (exact) mass is 571 g/mol. The Labute approximate surface area is 220 Å². The van der Waals surface area contributed by atoms with Crippen LogP contribution in [0.5, 0.6) is 5.75 Å². The van der Waals surface area contributed by atoms with E-state index in [4.69, 9.17) is 4.74 Å². The van der Waals surface area contributed by atoms with Crippen LogP contribution in [0.3, 0.4) is 0 Å². The summed E-state index contributed by atoms with van der Waals surface area (Å²) in [7, 11) is -4.67. The number of halogens is 5. The van der Waals surface area contributed by atoms with Crippen molar-refractivity contribution in [1.82, 2.24) is 0 Å². The molecule has 0 amide bonds. The number of aliphatic carboxylic acids is 1. The molecule has 7 nitrogen and oxygen atoms in total. The fraction of sp³-hybridized carbons (Fsp3) is 0.269. The zero-order valence-corrected chi connectivity index (χ0v) is 21.1. The van der Waals surface area contributed by atoms with Crippen LogP contribution in [0.1, 0.15) is 25.3 Å². The molecule has 0 saturated carbocycles. The molecule has 3 aromatic carbocycles. The second kappa shape index (κ2) is 10.1. The smallest absolute Gasteiger partial charge is 0.416 e. The van der Waals surface area contributed by atoms with Gasteiger partial charge in [0.05, 0.1) is 22.7 Å². The summed E-state index contributed by atoms with van der Waals surface area (Å²) in [5.74, 6) is -3.10. The lowest BCUT2D eigenvalue weighted by molar-refractivity contribution is -0.157. The lowest BCUT2D eigenvalue weighted by atomic mass is 9.97. The first-order valence-corrected chi connectivity index (χ1v) is 13.0. The number of benzene rings is 3. The van der Waals surface area contributed by atoms with Crippen molar-refractivity contribution in [3.05, 3.63) is 77.9 Å². The van der Waals surface area contributed by atoms with E-state index in [9.17, 15) is 45.4 Å². The van der Waals surface area contributed by atoms with Crippen molar-refractivity contribution >= 4 is 21.7 Å². The van der Waals surface area contributed by atoms with Crippen LogP contribution in [-0.2, 0) is 21.0 Å². The SMILES string of the molecule is CC(O)(CCC1CN(S(=O)(=O)c2cccc(C(F)(F)F)c2)c2cc(-c3cc(F)ccc3F)ccc2O1)C(=O)O. The molecule has 39 heavy (non-hydrogen) atoms. The molecule has 2 unspecified atom stereocenters. The minimum Gasteiger partial charge on any atom is -0.486 e. The number of hydrogen-bond acceptors (Lipinski definition) is 5. The zero-order valence-electron chi connectivity index (χ0n) is 20.2. The van der Waals surface area contributed by atoms with Crippen molar-refractivity contribution in [2.24, 2.45) is 0 Å². The van der Waals surface area contributed by atoms with Gasteiger partial charge in [-0.25, -0.2) is 22.0 Å². The van der Waals surface area contributed by atoms with Crippen LogP contribution < -0.4 is 9.04 Å². The lowest BCUT2D eigenvalue weighted by Crippen LogP contribution is -2.45. The van der Waals surface area contributed by atoms with Crippen LogP contribution in [0, 0.1) is 11.6 Å². The van der Waals surface area contributed by atoms with Gasteiger partial charge in [0, 0.05) is 5.56 Å². The first-order valence-electron chi connectivity index (χ1n) is 11.5. The maximum Gasteiger partial charge on any atom is 0.416 e. The first kappa shape index (κ1) is 28.3. The van der Waals surface area contributed by atoms with Gasteiger partial charge in [0.2, 0.25) is 0 Å². The number of fused-ring (bicyclic) bond motifs is 1. The summed E-state index contributed by atoms with van der Waals surface area (Å²) in [5, 5.41) is 19.3. The number of alkyl halides is 3. The second-order valence-corrected chi connectivity index (χ2v) is 11.1. The molecule has 0 radical (unpaired) electrons. The number of aliphatic hydroxyl groups is 1. The summed E-state index contributed by atoms with van der Waals surface area (Å²) >= 11 is 0. The predicted molar refractivity (Wildman–Crippen MR) is 130 cm³/mol. The van der Waals surface area contributed by atoms with Crippen LogP contribution in [-0.4, -0.2) is 42.8 Å². The van der Waals surface area contributed by atoms with Crippen molar-refractivity contribution in [1.29, 1.82) is 0 Å². The average Bonchev–Trinajstić information content (AvgIpc) is 2.87. The molecule has 0 spiro atoms. The van der Waals surface area contributed by atoms with Gasteiger partial charge in [-0.15, -0.1) is 0 Å². The molecule has 1 heterocycles. The summed E-state index contributed by atoms with van der Waals surface area (Å²) < 4.78 is 102. The molecular formula is C26H22F5NO6S. The van der Waals surface area contributed by atoms with Gasteiger partial charge in [0.25, 0.3) is 10.0 Å². The Morgan fingerprint density at radius 1 is 1.08 bits per heavy atom. The molecule has 0 saturated heterocycles. The van der Waals surface area contributed by atoms with E-state index in [0.29, 0.717) is 12.1 Å². The molecule has 1 aliphatic heterocycles. The third-order valence-electron chi connectivity index (χ3n) is 6.29. The zero-order chi connectivity index (χ0) is 28.8. The number of hydrogen-bond donors (Lipinski definition) is 2. The van der Waals surface area contributed by atoms with Gasteiger partial charge in [0.1, 0.15) is 23.5 Å².